The van der Waals surface area contributed by atoms with E-state index in [2.05, 4.69) is 4.98 Å². The standard InChI is InChI=1S/C33H30N2O6/c1-19-13-28(31-20(2)23(32(37)41-29(31)14-19)15-21-9-5-4-6-10-21)40-18-30(36)35-17-26-24(16-27(35)33(38)39-3)22-11-7-8-12-25(22)34-26/h4-14,27,34H,15-18H2,1-3H3. The average molecular weight is 551 g/mol. The Labute approximate surface area is 236 Å². The van der Waals surface area contributed by atoms with Gasteiger partial charge in [0.2, 0.25) is 0 Å². The Morgan fingerprint density at radius 1 is 1.05 bits per heavy atom. The molecule has 41 heavy (non-hydrogen) atoms. The molecule has 6 rings (SSSR count). The van der Waals surface area contributed by atoms with Crippen molar-refractivity contribution in [2.75, 3.05) is 13.7 Å². The number of para-hydroxylation sites is 1. The van der Waals surface area contributed by atoms with Crippen LogP contribution >= 0.6 is 0 Å². The lowest BCUT2D eigenvalue weighted by molar-refractivity contribution is -0.154. The fourth-order valence-electron chi connectivity index (χ4n) is 5.79. The number of esters is 1. The van der Waals surface area contributed by atoms with Crippen LogP contribution in [0.15, 0.2) is 75.9 Å². The summed E-state index contributed by atoms with van der Waals surface area (Å²) in [5, 5.41) is 1.68. The van der Waals surface area contributed by atoms with Gasteiger partial charge >= 0.3 is 11.6 Å². The van der Waals surface area contributed by atoms with Crippen LogP contribution in [0, 0.1) is 13.8 Å². The number of fused-ring (bicyclic) bond motifs is 4. The van der Waals surface area contributed by atoms with E-state index < -0.39 is 17.6 Å². The molecule has 1 atom stereocenters. The zero-order chi connectivity index (χ0) is 28.7. The first-order valence-corrected chi connectivity index (χ1v) is 13.5. The number of aromatic amines is 1. The maximum Gasteiger partial charge on any atom is 0.340 e. The molecular formula is C33H30N2O6. The number of hydrogen-bond donors (Lipinski definition) is 1. The molecule has 3 heterocycles. The van der Waals surface area contributed by atoms with E-state index >= 15 is 0 Å². The van der Waals surface area contributed by atoms with Crippen LogP contribution in [0.1, 0.15) is 33.5 Å². The first-order chi connectivity index (χ1) is 19.8. The van der Waals surface area contributed by atoms with Gasteiger partial charge in [0.25, 0.3) is 5.91 Å². The van der Waals surface area contributed by atoms with Crippen LogP contribution in [-0.2, 0) is 33.7 Å². The van der Waals surface area contributed by atoms with E-state index in [0.29, 0.717) is 35.1 Å². The van der Waals surface area contributed by atoms with E-state index in [9.17, 15) is 14.4 Å². The van der Waals surface area contributed by atoms with Gasteiger partial charge in [0.15, 0.2) is 6.61 Å². The molecule has 0 fully saturated rings. The van der Waals surface area contributed by atoms with Gasteiger partial charge in [-0.15, -0.1) is 0 Å². The Hall–Kier alpha value is -4.85. The quantitative estimate of drug-likeness (QED) is 0.236. The minimum atomic E-state index is -0.769. The molecule has 0 aliphatic carbocycles. The summed E-state index contributed by atoms with van der Waals surface area (Å²) in [6.45, 7) is 3.68. The molecule has 2 aromatic heterocycles. The fourth-order valence-corrected chi connectivity index (χ4v) is 5.79. The summed E-state index contributed by atoms with van der Waals surface area (Å²) in [7, 11) is 1.33. The van der Waals surface area contributed by atoms with Gasteiger partial charge in [0.1, 0.15) is 17.4 Å². The average Bonchev–Trinajstić information content (AvgIpc) is 3.34. The number of hydrogen-bond acceptors (Lipinski definition) is 6. The number of amides is 1. The number of aryl methyl sites for hydroxylation is 2. The van der Waals surface area contributed by atoms with Crippen LogP contribution in [0.2, 0.25) is 0 Å². The van der Waals surface area contributed by atoms with Crippen molar-refractivity contribution in [1.29, 1.82) is 0 Å². The molecule has 0 saturated carbocycles. The minimum Gasteiger partial charge on any atom is -0.483 e. The number of benzene rings is 3. The van der Waals surface area contributed by atoms with Gasteiger partial charge in [-0.25, -0.2) is 9.59 Å². The number of rotatable bonds is 6. The first kappa shape index (κ1) is 26.4. The summed E-state index contributed by atoms with van der Waals surface area (Å²) in [6.07, 6.45) is 0.761. The predicted molar refractivity (Wildman–Crippen MR) is 155 cm³/mol. The molecule has 1 unspecified atom stereocenters. The maximum atomic E-state index is 13.6. The molecule has 208 valence electrons. The molecule has 0 saturated heterocycles. The minimum absolute atomic E-state index is 0.232. The second kappa shape index (κ2) is 10.6. The molecule has 5 aromatic rings. The number of ether oxygens (including phenoxy) is 2. The number of nitrogens with zero attached hydrogens (tertiary/aromatic N) is 1. The number of carbonyl (C=O) groups excluding carboxylic acids is 2. The van der Waals surface area contributed by atoms with Crippen LogP contribution in [0.4, 0.5) is 0 Å². The lowest BCUT2D eigenvalue weighted by Gasteiger charge is -2.33. The van der Waals surface area contributed by atoms with Crippen molar-refractivity contribution in [3.8, 4) is 5.75 Å². The van der Waals surface area contributed by atoms with E-state index in [0.717, 1.165) is 38.9 Å². The highest BCUT2D eigenvalue weighted by Gasteiger charge is 2.37. The summed E-state index contributed by atoms with van der Waals surface area (Å²) >= 11 is 0. The zero-order valence-corrected chi connectivity index (χ0v) is 23.2. The van der Waals surface area contributed by atoms with Crippen LogP contribution in [0.3, 0.4) is 0 Å². The number of H-pyrrole nitrogens is 1. The molecule has 1 N–H and O–H groups in total. The Morgan fingerprint density at radius 3 is 2.59 bits per heavy atom. The molecule has 1 amide bonds. The summed E-state index contributed by atoms with van der Waals surface area (Å²) < 4.78 is 16.9. The molecule has 8 nitrogen and oxygen atoms in total. The predicted octanol–water partition coefficient (Wildman–Crippen LogP) is 4.99. The van der Waals surface area contributed by atoms with Crippen molar-refractivity contribution in [2.45, 2.75) is 39.3 Å². The molecular weight excluding hydrogens is 520 g/mol. The maximum absolute atomic E-state index is 13.6. The Kier molecular flexibility index (Phi) is 6.83. The topological polar surface area (TPSA) is 102 Å². The summed E-state index contributed by atoms with van der Waals surface area (Å²) in [4.78, 5) is 44.2. The van der Waals surface area contributed by atoms with Gasteiger partial charge in [-0.1, -0.05) is 48.5 Å². The lowest BCUT2D eigenvalue weighted by atomic mass is 9.96. The molecule has 8 heteroatoms. The number of carbonyl (C=O) groups is 2. The second-order valence-electron chi connectivity index (χ2n) is 10.5. The molecule has 1 aliphatic rings. The summed E-state index contributed by atoms with van der Waals surface area (Å²) in [6, 6.07) is 20.4. The summed E-state index contributed by atoms with van der Waals surface area (Å²) in [5.74, 6) is -0.376. The molecule has 0 radical (unpaired) electrons. The Morgan fingerprint density at radius 2 is 1.80 bits per heavy atom. The molecule has 3 aromatic carbocycles. The number of nitrogens with one attached hydrogen (secondary N) is 1. The van der Waals surface area contributed by atoms with Crippen LogP contribution < -0.4 is 10.4 Å². The van der Waals surface area contributed by atoms with Gasteiger partial charge in [0.05, 0.1) is 19.0 Å². The van der Waals surface area contributed by atoms with E-state index in [1.807, 2.05) is 74.5 Å². The van der Waals surface area contributed by atoms with E-state index in [1.165, 1.54) is 12.0 Å². The van der Waals surface area contributed by atoms with Crippen LogP contribution in [-0.4, -0.2) is 41.5 Å². The smallest absolute Gasteiger partial charge is 0.340 e. The first-order valence-electron chi connectivity index (χ1n) is 13.5. The molecule has 0 bridgehead atoms. The molecule has 1 aliphatic heterocycles. The fraction of sp³-hybridized carbons (Fsp3) is 0.242. The van der Waals surface area contributed by atoms with Crippen molar-refractivity contribution in [3.63, 3.8) is 0 Å². The van der Waals surface area contributed by atoms with E-state index in [1.54, 1.807) is 6.07 Å². The van der Waals surface area contributed by atoms with Gasteiger partial charge in [0, 0.05) is 35.0 Å². The van der Waals surface area contributed by atoms with Gasteiger partial charge in [-0.2, -0.15) is 0 Å². The number of methoxy groups -OCH3 is 1. The van der Waals surface area contributed by atoms with Crippen molar-refractivity contribution in [1.82, 2.24) is 9.88 Å². The zero-order valence-electron chi connectivity index (χ0n) is 23.2. The third kappa shape index (κ3) is 4.86. The Bertz CT molecular complexity index is 1850. The van der Waals surface area contributed by atoms with Crippen LogP contribution in [0.25, 0.3) is 21.9 Å². The van der Waals surface area contributed by atoms with E-state index in [4.69, 9.17) is 13.9 Å². The Balaban J connectivity index is 1.31. The highest BCUT2D eigenvalue weighted by atomic mass is 16.5. The highest BCUT2D eigenvalue weighted by Crippen LogP contribution is 2.33. The summed E-state index contributed by atoms with van der Waals surface area (Å²) in [5.41, 5.74) is 5.98. The van der Waals surface area contributed by atoms with Crippen molar-refractivity contribution >= 4 is 33.7 Å². The highest BCUT2D eigenvalue weighted by molar-refractivity contribution is 5.91. The molecule has 0 spiro atoms. The van der Waals surface area contributed by atoms with Gasteiger partial charge in [-0.05, 0) is 54.3 Å². The largest absolute Gasteiger partial charge is 0.483 e. The van der Waals surface area contributed by atoms with Crippen molar-refractivity contribution < 1.29 is 23.5 Å². The third-order valence-corrected chi connectivity index (χ3v) is 7.86. The van der Waals surface area contributed by atoms with E-state index in [-0.39, 0.29) is 19.1 Å². The van der Waals surface area contributed by atoms with Crippen LogP contribution in [0.5, 0.6) is 5.75 Å². The second-order valence-corrected chi connectivity index (χ2v) is 10.5. The van der Waals surface area contributed by atoms with Gasteiger partial charge < -0.3 is 23.8 Å². The SMILES string of the molecule is COC(=O)C1Cc2c([nH]c3ccccc23)CN1C(=O)COc1cc(C)cc2oc(=O)c(Cc3ccccc3)c(C)c12. The monoisotopic (exact) mass is 550 g/mol. The van der Waals surface area contributed by atoms with Gasteiger partial charge in [-0.3, -0.25) is 4.79 Å². The lowest BCUT2D eigenvalue weighted by Crippen LogP contribution is -2.50. The van der Waals surface area contributed by atoms with Crippen molar-refractivity contribution in [3.05, 3.63) is 111 Å². The third-order valence-electron chi connectivity index (χ3n) is 7.86. The number of aromatic nitrogens is 1. The van der Waals surface area contributed by atoms with Crippen molar-refractivity contribution in [2.24, 2.45) is 0 Å². The normalized spacial score (nSPS) is 14.7.